The van der Waals surface area contributed by atoms with Gasteiger partial charge in [0.2, 0.25) is 0 Å². The molecule has 0 saturated heterocycles. The number of aromatic amines is 1. The molecule has 3 rings (SSSR count). The quantitative estimate of drug-likeness (QED) is 0.849. The first kappa shape index (κ1) is 11.2. The number of anilines is 1. The molecule has 18 heavy (non-hydrogen) atoms. The zero-order valence-electron chi connectivity index (χ0n) is 10.3. The fourth-order valence-corrected chi connectivity index (χ4v) is 2.50. The second-order valence-electron chi connectivity index (χ2n) is 4.84. The van der Waals surface area contributed by atoms with E-state index >= 15 is 0 Å². The molecule has 1 fully saturated rings. The maximum atomic E-state index is 5.76. The summed E-state index contributed by atoms with van der Waals surface area (Å²) in [5, 5.41) is 0. The summed E-state index contributed by atoms with van der Waals surface area (Å²) in [4.78, 5) is 15.6. The normalized spacial score (nSPS) is 17.8. The molecule has 0 unspecified atom stereocenters. The molecule has 1 aliphatic rings. The van der Waals surface area contributed by atoms with Gasteiger partial charge in [0.15, 0.2) is 11.5 Å². The molecular weight excluding hydrogens is 226 g/mol. The van der Waals surface area contributed by atoms with Gasteiger partial charge in [-0.2, -0.15) is 0 Å². The average molecular weight is 243 g/mol. The highest BCUT2D eigenvalue weighted by molar-refractivity contribution is 5.82. The Morgan fingerprint density at radius 3 is 2.83 bits per heavy atom. The monoisotopic (exact) mass is 243 g/mol. The molecule has 94 valence electrons. The summed E-state index contributed by atoms with van der Waals surface area (Å²) in [6, 6.07) is 0. The van der Waals surface area contributed by atoms with Crippen LogP contribution in [-0.2, 0) is 0 Å². The van der Waals surface area contributed by atoms with E-state index in [-0.39, 0.29) is 0 Å². The third-order valence-electron chi connectivity index (χ3n) is 3.51. The van der Waals surface area contributed by atoms with Gasteiger partial charge in [-0.05, 0) is 24.8 Å². The molecule has 2 aromatic heterocycles. The number of fused-ring (bicyclic) bond motifs is 1. The molecule has 1 aliphatic carbocycles. The van der Waals surface area contributed by atoms with Crippen LogP contribution in [0.25, 0.3) is 17.2 Å². The Hall–Kier alpha value is -1.91. The summed E-state index contributed by atoms with van der Waals surface area (Å²) >= 11 is 0. The number of imidazole rings is 1. The van der Waals surface area contributed by atoms with Crippen molar-refractivity contribution in [2.75, 3.05) is 5.73 Å². The van der Waals surface area contributed by atoms with Crippen LogP contribution in [0.3, 0.4) is 0 Å². The van der Waals surface area contributed by atoms with E-state index in [4.69, 9.17) is 5.73 Å². The molecule has 5 nitrogen and oxygen atoms in total. The van der Waals surface area contributed by atoms with Gasteiger partial charge in [0.1, 0.15) is 17.7 Å². The van der Waals surface area contributed by atoms with Crippen LogP contribution in [0.2, 0.25) is 0 Å². The number of nitrogens with two attached hydrogens (primary N) is 1. The lowest BCUT2D eigenvalue weighted by atomic mass is 9.89. The summed E-state index contributed by atoms with van der Waals surface area (Å²) in [5.41, 5.74) is 7.12. The summed E-state index contributed by atoms with van der Waals surface area (Å²) in [7, 11) is 0. The fraction of sp³-hybridized carbons (Fsp3) is 0.462. The number of nitrogens with one attached hydrogen (secondary N) is 1. The van der Waals surface area contributed by atoms with Crippen LogP contribution < -0.4 is 5.73 Å². The van der Waals surface area contributed by atoms with Crippen molar-refractivity contribution in [3.05, 3.63) is 18.2 Å². The first-order chi connectivity index (χ1) is 8.83. The van der Waals surface area contributed by atoms with Crippen molar-refractivity contribution < 1.29 is 0 Å². The van der Waals surface area contributed by atoms with Gasteiger partial charge in [-0.15, -0.1) is 0 Å². The maximum absolute atomic E-state index is 5.76. The number of hydrogen-bond donors (Lipinski definition) is 2. The fourth-order valence-electron chi connectivity index (χ4n) is 2.50. The van der Waals surface area contributed by atoms with E-state index in [1.54, 1.807) is 0 Å². The lowest BCUT2D eigenvalue weighted by Gasteiger charge is -2.17. The molecular formula is C13H17N5. The molecule has 0 atom stereocenters. The van der Waals surface area contributed by atoms with Crippen LogP contribution in [-0.4, -0.2) is 19.9 Å². The Morgan fingerprint density at radius 2 is 2.06 bits per heavy atom. The van der Waals surface area contributed by atoms with Crippen molar-refractivity contribution in [2.24, 2.45) is 5.92 Å². The third-order valence-corrected chi connectivity index (χ3v) is 3.51. The Kier molecular flexibility index (Phi) is 2.96. The van der Waals surface area contributed by atoms with Gasteiger partial charge in [0, 0.05) is 0 Å². The summed E-state index contributed by atoms with van der Waals surface area (Å²) in [6.45, 7) is 0. The van der Waals surface area contributed by atoms with E-state index < -0.39 is 0 Å². The Bertz CT molecular complexity index is 566. The van der Waals surface area contributed by atoms with E-state index in [0.717, 1.165) is 11.3 Å². The molecule has 0 spiro atoms. The van der Waals surface area contributed by atoms with Crippen molar-refractivity contribution in [1.82, 2.24) is 19.9 Å². The van der Waals surface area contributed by atoms with Gasteiger partial charge in [0.25, 0.3) is 0 Å². The van der Waals surface area contributed by atoms with Crippen LogP contribution in [0, 0.1) is 5.92 Å². The van der Waals surface area contributed by atoms with Gasteiger partial charge in [-0.25, -0.2) is 15.0 Å². The zero-order chi connectivity index (χ0) is 12.4. The smallest absolute Gasteiger partial charge is 0.183 e. The number of hydrogen-bond acceptors (Lipinski definition) is 4. The van der Waals surface area contributed by atoms with Gasteiger partial charge >= 0.3 is 0 Å². The van der Waals surface area contributed by atoms with E-state index in [2.05, 4.69) is 26.0 Å². The Morgan fingerprint density at radius 1 is 1.22 bits per heavy atom. The van der Waals surface area contributed by atoms with Gasteiger partial charge in [-0.1, -0.05) is 25.3 Å². The molecule has 0 amide bonds. The molecule has 1 saturated carbocycles. The minimum absolute atomic E-state index is 0.449. The summed E-state index contributed by atoms with van der Waals surface area (Å²) in [6.07, 6.45) is 12.4. The van der Waals surface area contributed by atoms with E-state index in [1.807, 2.05) is 6.08 Å². The van der Waals surface area contributed by atoms with Crippen molar-refractivity contribution in [2.45, 2.75) is 32.1 Å². The number of rotatable bonds is 2. The van der Waals surface area contributed by atoms with Crippen LogP contribution in [0.1, 0.15) is 37.9 Å². The molecule has 5 heteroatoms. The van der Waals surface area contributed by atoms with Crippen molar-refractivity contribution in [3.63, 3.8) is 0 Å². The van der Waals surface area contributed by atoms with Crippen molar-refractivity contribution in [3.8, 4) is 0 Å². The Balaban J connectivity index is 1.82. The molecule has 2 heterocycles. The molecule has 2 aromatic rings. The number of H-pyrrole nitrogens is 1. The number of allylic oxidation sites excluding steroid dienone is 1. The van der Waals surface area contributed by atoms with E-state index in [1.165, 1.54) is 38.4 Å². The lowest BCUT2D eigenvalue weighted by molar-refractivity contribution is 0.420. The second-order valence-corrected chi connectivity index (χ2v) is 4.84. The maximum Gasteiger partial charge on any atom is 0.183 e. The standard InChI is InChI=1S/C13H17N5/c14-12-11-13(16-8-15-12)18-10(17-11)7-6-9-4-2-1-3-5-9/h6-9H,1-5H2,(H3,14,15,16,17,18). The molecule has 0 radical (unpaired) electrons. The second kappa shape index (κ2) is 4.76. The largest absolute Gasteiger partial charge is 0.382 e. The van der Waals surface area contributed by atoms with Gasteiger partial charge < -0.3 is 10.7 Å². The predicted molar refractivity (Wildman–Crippen MR) is 71.7 cm³/mol. The molecule has 0 bridgehead atoms. The number of aromatic nitrogens is 4. The summed E-state index contributed by atoms with van der Waals surface area (Å²) < 4.78 is 0. The Labute approximate surface area is 106 Å². The highest BCUT2D eigenvalue weighted by Gasteiger charge is 2.10. The summed E-state index contributed by atoms with van der Waals surface area (Å²) in [5.74, 6) is 1.95. The van der Waals surface area contributed by atoms with E-state index in [0.29, 0.717) is 17.4 Å². The molecule has 3 N–H and O–H groups in total. The third kappa shape index (κ3) is 2.20. The first-order valence-electron chi connectivity index (χ1n) is 6.47. The topological polar surface area (TPSA) is 80.5 Å². The van der Waals surface area contributed by atoms with Crippen molar-refractivity contribution >= 4 is 23.1 Å². The molecule has 0 aliphatic heterocycles. The predicted octanol–water partition coefficient (Wildman–Crippen LogP) is 2.53. The highest BCUT2D eigenvalue weighted by atomic mass is 15.0. The number of nitrogen functional groups attached to an aromatic ring is 1. The van der Waals surface area contributed by atoms with Crippen LogP contribution in [0.5, 0.6) is 0 Å². The minimum Gasteiger partial charge on any atom is -0.382 e. The van der Waals surface area contributed by atoms with E-state index in [9.17, 15) is 0 Å². The van der Waals surface area contributed by atoms with Gasteiger partial charge in [-0.3, -0.25) is 0 Å². The van der Waals surface area contributed by atoms with Crippen LogP contribution in [0.4, 0.5) is 5.82 Å². The molecule has 0 aromatic carbocycles. The van der Waals surface area contributed by atoms with Gasteiger partial charge in [0.05, 0.1) is 0 Å². The lowest BCUT2D eigenvalue weighted by Crippen LogP contribution is -2.02. The number of nitrogens with zero attached hydrogens (tertiary/aromatic N) is 3. The van der Waals surface area contributed by atoms with Crippen LogP contribution >= 0.6 is 0 Å². The highest BCUT2D eigenvalue weighted by Crippen LogP contribution is 2.25. The average Bonchev–Trinajstić information content (AvgIpc) is 2.82. The SMILES string of the molecule is Nc1ncnc2nc(C=CC3CCCCC3)[nH]c12. The first-order valence-corrected chi connectivity index (χ1v) is 6.47. The van der Waals surface area contributed by atoms with Crippen molar-refractivity contribution in [1.29, 1.82) is 0 Å². The van der Waals surface area contributed by atoms with Crippen LogP contribution in [0.15, 0.2) is 12.4 Å². The zero-order valence-corrected chi connectivity index (χ0v) is 10.3. The minimum atomic E-state index is 0.449.